The molecule has 0 fully saturated rings. The average Bonchev–Trinajstić information content (AvgIpc) is 2.24. The fourth-order valence-corrected chi connectivity index (χ4v) is 1.68. The number of carboxylic acids is 1. The van der Waals surface area contributed by atoms with Gasteiger partial charge in [-0.05, 0) is 45.4 Å². The van der Waals surface area contributed by atoms with Crippen molar-refractivity contribution >= 4 is 5.97 Å². The highest BCUT2D eigenvalue weighted by atomic mass is 16.5. The number of hydrogen-bond acceptors (Lipinski definition) is 3. The number of ether oxygens (including phenoxy) is 1. The van der Waals surface area contributed by atoms with E-state index in [0.717, 1.165) is 0 Å². The number of nitrogens with one attached hydrogen (secondary N) is 1. The summed E-state index contributed by atoms with van der Waals surface area (Å²) in [4.78, 5) is 11.3. The van der Waals surface area contributed by atoms with E-state index >= 15 is 0 Å². The highest BCUT2D eigenvalue weighted by Crippen LogP contribution is 2.21. The van der Waals surface area contributed by atoms with Gasteiger partial charge in [0, 0.05) is 6.04 Å². The molecule has 0 saturated heterocycles. The summed E-state index contributed by atoms with van der Waals surface area (Å²) in [7, 11) is 0. The average molecular weight is 251 g/mol. The molecule has 1 aromatic carbocycles. The summed E-state index contributed by atoms with van der Waals surface area (Å²) in [5, 5.41) is 12.3. The first-order valence-corrected chi connectivity index (χ1v) is 6.15. The summed E-state index contributed by atoms with van der Waals surface area (Å²) in [6.07, 6.45) is 0.0709. The Labute approximate surface area is 108 Å². The Morgan fingerprint density at radius 1 is 1.28 bits per heavy atom. The second kappa shape index (κ2) is 6.40. The first-order valence-electron chi connectivity index (χ1n) is 6.15. The number of benzene rings is 1. The van der Waals surface area contributed by atoms with E-state index in [2.05, 4.69) is 5.32 Å². The van der Waals surface area contributed by atoms with Gasteiger partial charge >= 0.3 is 5.97 Å². The molecule has 0 amide bonds. The number of hydrogen-bond donors (Lipinski definition) is 2. The van der Waals surface area contributed by atoms with Gasteiger partial charge < -0.3 is 9.84 Å². The van der Waals surface area contributed by atoms with Crippen LogP contribution in [0.4, 0.5) is 0 Å². The predicted octanol–water partition coefficient (Wildman–Crippen LogP) is 2.60. The van der Waals surface area contributed by atoms with Gasteiger partial charge in [0.15, 0.2) is 0 Å². The van der Waals surface area contributed by atoms with E-state index in [1.54, 1.807) is 12.1 Å². The quantitative estimate of drug-likeness (QED) is 0.816. The molecular weight excluding hydrogens is 230 g/mol. The molecule has 2 N–H and O–H groups in total. The summed E-state index contributed by atoms with van der Waals surface area (Å²) in [6.45, 7) is 7.72. The maximum Gasteiger partial charge on any atom is 0.325 e. The molecule has 100 valence electrons. The van der Waals surface area contributed by atoms with Gasteiger partial charge in [-0.15, -0.1) is 0 Å². The van der Waals surface area contributed by atoms with Crippen LogP contribution >= 0.6 is 0 Å². The molecule has 1 unspecified atom stereocenters. The van der Waals surface area contributed by atoms with Crippen molar-refractivity contribution in [2.75, 3.05) is 0 Å². The molecule has 18 heavy (non-hydrogen) atoms. The van der Waals surface area contributed by atoms with E-state index in [9.17, 15) is 9.90 Å². The molecule has 1 aromatic rings. The normalized spacial score (nSPS) is 12.8. The Balaban J connectivity index is 2.94. The van der Waals surface area contributed by atoms with Crippen LogP contribution in [-0.2, 0) is 4.79 Å². The first kappa shape index (κ1) is 14.5. The third kappa shape index (κ3) is 4.37. The topological polar surface area (TPSA) is 58.6 Å². The van der Waals surface area contributed by atoms with Gasteiger partial charge in [-0.3, -0.25) is 10.1 Å². The van der Waals surface area contributed by atoms with Crippen molar-refractivity contribution in [3.8, 4) is 5.75 Å². The molecule has 1 atom stereocenters. The molecule has 0 bridgehead atoms. The SMILES string of the molecule is CC(C)NC(C(=O)O)c1cccc(OC(C)C)c1. The van der Waals surface area contributed by atoms with Crippen molar-refractivity contribution < 1.29 is 14.6 Å². The van der Waals surface area contributed by atoms with Gasteiger partial charge in [-0.25, -0.2) is 0 Å². The molecule has 0 aliphatic heterocycles. The standard InChI is InChI=1S/C14H21NO3/c1-9(2)15-13(14(16)17)11-6-5-7-12(8-11)18-10(3)4/h5-10,13,15H,1-4H3,(H,16,17). The zero-order chi connectivity index (χ0) is 13.7. The molecule has 4 nitrogen and oxygen atoms in total. The minimum atomic E-state index is -0.884. The Bertz CT molecular complexity index is 402. The highest BCUT2D eigenvalue weighted by molar-refractivity contribution is 5.75. The lowest BCUT2D eigenvalue weighted by Crippen LogP contribution is -2.33. The van der Waals surface area contributed by atoms with E-state index in [4.69, 9.17) is 4.74 Å². The maximum absolute atomic E-state index is 11.3. The second-order valence-corrected chi connectivity index (χ2v) is 4.83. The predicted molar refractivity (Wildman–Crippen MR) is 70.9 cm³/mol. The first-order chi connectivity index (χ1) is 8.40. The monoisotopic (exact) mass is 251 g/mol. The fourth-order valence-electron chi connectivity index (χ4n) is 1.68. The van der Waals surface area contributed by atoms with Crippen molar-refractivity contribution in [3.63, 3.8) is 0 Å². The van der Waals surface area contributed by atoms with Gasteiger partial charge in [0.25, 0.3) is 0 Å². The van der Waals surface area contributed by atoms with Crippen LogP contribution in [-0.4, -0.2) is 23.2 Å². The zero-order valence-corrected chi connectivity index (χ0v) is 11.3. The van der Waals surface area contributed by atoms with Gasteiger partial charge in [0.05, 0.1) is 6.10 Å². The van der Waals surface area contributed by atoms with Gasteiger partial charge in [0.1, 0.15) is 11.8 Å². The summed E-state index contributed by atoms with van der Waals surface area (Å²) in [5.74, 6) is -0.190. The molecule has 4 heteroatoms. The Kier molecular flexibility index (Phi) is 5.16. The van der Waals surface area contributed by atoms with Gasteiger partial charge in [-0.1, -0.05) is 12.1 Å². The number of carbonyl (C=O) groups is 1. The molecule has 0 aliphatic rings. The Hall–Kier alpha value is -1.55. The lowest BCUT2D eigenvalue weighted by atomic mass is 10.1. The van der Waals surface area contributed by atoms with E-state index in [1.807, 2.05) is 39.8 Å². The number of carboxylic acid groups (broad SMARTS) is 1. The van der Waals surface area contributed by atoms with Crippen LogP contribution in [0.5, 0.6) is 5.75 Å². The van der Waals surface area contributed by atoms with Gasteiger partial charge in [-0.2, -0.15) is 0 Å². The van der Waals surface area contributed by atoms with E-state index in [0.29, 0.717) is 11.3 Å². The molecule has 0 aromatic heterocycles. The fraction of sp³-hybridized carbons (Fsp3) is 0.500. The molecule has 1 rings (SSSR count). The van der Waals surface area contributed by atoms with Crippen LogP contribution in [0, 0.1) is 0 Å². The van der Waals surface area contributed by atoms with Crippen LogP contribution in [0.25, 0.3) is 0 Å². The Morgan fingerprint density at radius 3 is 2.44 bits per heavy atom. The molecular formula is C14H21NO3. The summed E-state index contributed by atoms with van der Waals surface area (Å²) < 4.78 is 5.57. The Morgan fingerprint density at radius 2 is 1.94 bits per heavy atom. The van der Waals surface area contributed by atoms with Crippen LogP contribution in [0.2, 0.25) is 0 Å². The van der Waals surface area contributed by atoms with E-state index in [1.165, 1.54) is 0 Å². The number of rotatable bonds is 6. The molecule has 0 radical (unpaired) electrons. The van der Waals surface area contributed by atoms with Crippen LogP contribution in [0.1, 0.15) is 39.3 Å². The highest BCUT2D eigenvalue weighted by Gasteiger charge is 2.20. The molecule has 0 heterocycles. The smallest absolute Gasteiger partial charge is 0.325 e. The summed E-state index contributed by atoms with van der Waals surface area (Å²) in [6, 6.07) is 6.60. The minimum Gasteiger partial charge on any atom is -0.491 e. The van der Waals surface area contributed by atoms with Crippen LogP contribution < -0.4 is 10.1 Å². The maximum atomic E-state index is 11.3. The summed E-state index contributed by atoms with van der Waals surface area (Å²) >= 11 is 0. The molecule has 0 spiro atoms. The van der Waals surface area contributed by atoms with E-state index in [-0.39, 0.29) is 12.1 Å². The van der Waals surface area contributed by atoms with Crippen molar-refractivity contribution in [1.82, 2.24) is 5.32 Å². The largest absolute Gasteiger partial charge is 0.491 e. The molecule has 0 saturated carbocycles. The van der Waals surface area contributed by atoms with Gasteiger partial charge in [0.2, 0.25) is 0 Å². The van der Waals surface area contributed by atoms with Crippen LogP contribution in [0.3, 0.4) is 0 Å². The van der Waals surface area contributed by atoms with Crippen molar-refractivity contribution in [3.05, 3.63) is 29.8 Å². The molecule has 0 aliphatic carbocycles. The van der Waals surface area contributed by atoms with E-state index < -0.39 is 12.0 Å². The third-order valence-electron chi connectivity index (χ3n) is 2.31. The third-order valence-corrected chi connectivity index (χ3v) is 2.31. The lowest BCUT2D eigenvalue weighted by molar-refractivity contribution is -0.139. The zero-order valence-electron chi connectivity index (χ0n) is 11.3. The van der Waals surface area contributed by atoms with Crippen LogP contribution in [0.15, 0.2) is 24.3 Å². The minimum absolute atomic E-state index is 0.0709. The lowest BCUT2D eigenvalue weighted by Gasteiger charge is -2.19. The second-order valence-electron chi connectivity index (χ2n) is 4.83. The van der Waals surface area contributed by atoms with Crippen molar-refractivity contribution in [1.29, 1.82) is 0 Å². The van der Waals surface area contributed by atoms with Crippen molar-refractivity contribution in [2.45, 2.75) is 45.9 Å². The van der Waals surface area contributed by atoms with Crippen molar-refractivity contribution in [2.24, 2.45) is 0 Å². The number of aliphatic carboxylic acids is 1. The summed E-state index contributed by atoms with van der Waals surface area (Å²) in [5.41, 5.74) is 0.703.